The van der Waals surface area contributed by atoms with E-state index in [1.54, 1.807) is 20.4 Å². The number of piperidine rings is 1. The number of nitriles is 1. The van der Waals surface area contributed by atoms with Crippen LogP contribution < -0.4 is 10.6 Å². The van der Waals surface area contributed by atoms with Crippen LogP contribution in [0.15, 0.2) is 48.7 Å². The number of amides is 1. The Hall–Kier alpha value is -3.03. The molecule has 2 saturated heterocycles. The molecule has 6 atom stereocenters. The van der Waals surface area contributed by atoms with Gasteiger partial charge in [-0.05, 0) is 36.2 Å². The van der Waals surface area contributed by atoms with Crippen LogP contribution in [-0.4, -0.2) is 74.3 Å². The van der Waals surface area contributed by atoms with Crippen LogP contribution in [0.2, 0.25) is 5.02 Å². The van der Waals surface area contributed by atoms with Crippen LogP contribution in [0.4, 0.5) is 4.79 Å². The van der Waals surface area contributed by atoms with Gasteiger partial charge in [-0.3, -0.25) is 9.78 Å². The minimum atomic E-state index is -0.657. The van der Waals surface area contributed by atoms with Gasteiger partial charge in [-0.2, -0.15) is 5.26 Å². The van der Waals surface area contributed by atoms with Gasteiger partial charge in [0, 0.05) is 63.3 Å². The maximum absolute atomic E-state index is 14.1. The summed E-state index contributed by atoms with van der Waals surface area (Å²) < 4.78 is 10.5. The first kappa shape index (κ1) is 28.0. The summed E-state index contributed by atoms with van der Waals surface area (Å²) in [6.45, 7) is 1.59. The smallest absolute Gasteiger partial charge is 0.409 e. The van der Waals surface area contributed by atoms with Crippen molar-refractivity contribution in [2.24, 2.45) is 11.8 Å². The van der Waals surface area contributed by atoms with E-state index in [1.165, 1.54) is 4.90 Å². The molecule has 1 aromatic heterocycles. The molecule has 10 heteroatoms. The second-order valence-corrected chi connectivity index (χ2v) is 10.2. The van der Waals surface area contributed by atoms with Crippen LogP contribution in [0.5, 0.6) is 0 Å². The van der Waals surface area contributed by atoms with Gasteiger partial charge >= 0.3 is 6.09 Å². The molecule has 9 nitrogen and oxygen atoms in total. The molecule has 2 aromatic rings. The molecule has 0 aliphatic carbocycles. The van der Waals surface area contributed by atoms with E-state index >= 15 is 0 Å². The molecule has 38 heavy (non-hydrogen) atoms. The molecule has 4 rings (SSSR count). The molecule has 1 aromatic carbocycles. The van der Waals surface area contributed by atoms with E-state index in [9.17, 15) is 14.9 Å². The second-order valence-electron chi connectivity index (χ2n) is 9.80. The van der Waals surface area contributed by atoms with Crippen LogP contribution >= 0.6 is 11.6 Å². The van der Waals surface area contributed by atoms with Gasteiger partial charge in [-0.25, -0.2) is 4.79 Å². The molecule has 0 radical (unpaired) electrons. The zero-order valence-electron chi connectivity index (χ0n) is 21.7. The first-order chi connectivity index (χ1) is 18.4. The fourth-order valence-electron chi connectivity index (χ4n) is 5.50. The number of ether oxygens (including phenoxy) is 2. The zero-order chi connectivity index (χ0) is 27.1. The average molecular weight is 540 g/mol. The van der Waals surface area contributed by atoms with Gasteiger partial charge in [0.1, 0.15) is 0 Å². The van der Waals surface area contributed by atoms with Gasteiger partial charge in [0.2, 0.25) is 0 Å². The van der Waals surface area contributed by atoms with Gasteiger partial charge in [0.25, 0.3) is 0 Å². The lowest BCUT2D eigenvalue weighted by Crippen LogP contribution is -2.54. The molecule has 2 aliphatic heterocycles. The van der Waals surface area contributed by atoms with Crippen molar-refractivity contribution in [1.29, 1.82) is 5.26 Å². The quantitative estimate of drug-likeness (QED) is 0.466. The Bertz CT molecular complexity index is 1130. The van der Waals surface area contributed by atoms with Crippen molar-refractivity contribution in [2.45, 2.75) is 36.9 Å². The molecule has 0 bridgehead atoms. The summed E-state index contributed by atoms with van der Waals surface area (Å²) >= 11 is 6.12. The number of ketones is 1. The second kappa shape index (κ2) is 13.2. The van der Waals surface area contributed by atoms with Crippen molar-refractivity contribution in [3.05, 3.63) is 64.9 Å². The fourth-order valence-corrected chi connectivity index (χ4v) is 5.63. The number of nitrogens with zero attached hydrogens (tertiary/aromatic N) is 3. The van der Waals surface area contributed by atoms with Crippen molar-refractivity contribution in [1.82, 2.24) is 20.5 Å². The molecular weight excluding hydrogens is 506 g/mol. The van der Waals surface area contributed by atoms with Gasteiger partial charge in [-0.1, -0.05) is 29.8 Å². The lowest BCUT2D eigenvalue weighted by atomic mass is 9.76. The standard InChI is InChI=1S/C28H34ClN5O4/c1-34(28(36)38-13-5-12-37-2)26-22(18-7-9-20(29)10-8-18)17-33-25(26)27(35)21-14-24(32-16-19(21)15-30)23-6-3-4-11-31-23/h3-4,6-11,19,21-22,24-26,32-33H,5,12-14,16-17H2,1-2H3/t19?,21?,22-,24?,25?,26-/m0/s1. The number of nitrogens with one attached hydrogen (secondary N) is 2. The van der Waals surface area contributed by atoms with E-state index in [0.29, 0.717) is 37.6 Å². The minimum absolute atomic E-state index is 0.0699. The summed E-state index contributed by atoms with van der Waals surface area (Å²) in [5, 5.41) is 17.3. The number of hydrogen-bond donors (Lipinski definition) is 2. The number of halogens is 1. The summed E-state index contributed by atoms with van der Waals surface area (Å²) in [4.78, 5) is 33.2. The van der Waals surface area contributed by atoms with E-state index < -0.39 is 30.0 Å². The number of benzene rings is 1. The van der Waals surface area contributed by atoms with Crippen LogP contribution in [0.3, 0.4) is 0 Å². The van der Waals surface area contributed by atoms with Crippen molar-refractivity contribution in [2.75, 3.05) is 40.5 Å². The maximum Gasteiger partial charge on any atom is 0.409 e. The topological polar surface area (TPSA) is 117 Å². The van der Waals surface area contributed by atoms with Crippen LogP contribution in [-0.2, 0) is 14.3 Å². The Kier molecular flexibility index (Phi) is 9.69. The molecule has 2 N–H and O–H groups in total. The van der Waals surface area contributed by atoms with E-state index in [4.69, 9.17) is 21.1 Å². The normalized spacial score (nSPS) is 26.9. The summed E-state index contributed by atoms with van der Waals surface area (Å²) in [6.07, 6.45) is 2.26. The molecule has 202 valence electrons. The van der Waals surface area contributed by atoms with E-state index in [0.717, 1.165) is 11.3 Å². The van der Waals surface area contributed by atoms with Gasteiger partial charge in [-0.15, -0.1) is 0 Å². The minimum Gasteiger partial charge on any atom is -0.449 e. The van der Waals surface area contributed by atoms with Crippen LogP contribution in [0, 0.1) is 23.2 Å². The largest absolute Gasteiger partial charge is 0.449 e. The number of carbonyl (C=O) groups excluding carboxylic acids is 2. The maximum atomic E-state index is 14.1. The highest BCUT2D eigenvalue weighted by atomic mass is 35.5. The lowest BCUT2D eigenvalue weighted by molar-refractivity contribution is -0.127. The highest BCUT2D eigenvalue weighted by Gasteiger charge is 2.49. The SMILES string of the molecule is COCCCOC(=O)N(C)[C@@H]1C(C(=O)C2CC(c3ccccn3)NCC2C#N)NC[C@H]1c1ccc(Cl)cc1. The summed E-state index contributed by atoms with van der Waals surface area (Å²) in [7, 11) is 3.26. The summed E-state index contributed by atoms with van der Waals surface area (Å²) in [5.74, 6) is -1.22. The van der Waals surface area contributed by atoms with E-state index in [-0.39, 0.29) is 24.3 Å². The number of hydrogen-bond acceptors (Lipinski definition) is 8. The monoisotopic (exact) mass is 539 g/mol. The Morgan fingerprint density at radius 1 is 1.16 bits per heavy atom. The van der Waals surface area contributed by atoms with Crippen LogP contribution in [0.25, 0.3) is 0 Å². The molecule has 0 spiro atoms. The molecule has 2 aliphatic rings. The Balaban J connectivity index is 1.58. The first-order valence-electron chi connectivity index (χ1n) is 12.9. The van der Waals surface area contributed by atoms with Crippen molar-refractivity contribution < 1.29 is 19.1 Å². The van der Waals surface area contributed by atoms with E-state index in [2.05, 4.69) is 21.7 Å². The number of aromatic nitrogens is 1. The van der Waals surface area contributed by atoms with Crippen molar-refractivity contribution >= 4 is 23.5 Å². The third kappa shape index (κ3) is 6.33. The number of Topliss-reactive ketones (excluding diaryl/α,β-unsaturated/α-hetero) is 1. The Morgan fingerprint density at radius 3 is 2.63 bits per heavy atom. The third-order valence-electron chi connectivity index (χ3n) is 7.51. The predicted octanol–water partition coefficient (Wildman–Crippen LogP) is 3.32. The predicted molar refractivity (Wildman–Crippen MR) is 143 cm³/mol. The number of methoxy groups -OCH3 is 1. The van der Waals surface area contributed by atoms with Gasteiger partial charge in [0.15, 0.2) is 5.78 Å². The number of pyridine rings is 1. The van der Waals surface area contributed by atoms with Crippen molar-refractivity contribution in [3.8, 4) is 6.07 Å². The Labute approximate surface area is 228 Å². The lowest BCUT2D eigenvalue weighted by Gasteiger charge is -2.37. The number of likely N-dealkylation sites (N-methyl/N-ethyl adjacent to an activating group) is 1. The third-order valence-corrected chi connectivity index (χ3v) is 7.76. The zero-order valence-corrected chi connectivity index (χ0v) is 22.4. The Morgan fingerprint density at radius 2 is 1.95 bits per heavy atom. The molecular formula is C28H34ClN5O4. The van der Waals surface area contributed by atoms with Crippen molar-refractivity contribution in [3.63, 3.8) is 0 Å². The number of carbonyl (C=O) groups is 2. The highest BCUT2D eigenvalue weighted by Crippen LogP contribution is 2.36. The van der Waals surface area contributed by atoms with Gasteiger partial charge in [0.05, 0.1) is 42.4 Å². The molecule has 0 saturated carbocycles. The van der Waals surface area contributed by atoms with Gasteiger partial charge < -0.3 is 25.0 Å². The molecule has 2 fully saturated rings. The highest BCUT2D eigenvalue weighted by molar-refractivity contribution is 6.30. The van der Waals surface area contributed by atoms with Crippen LogP contribution in [0.1, 0.15) is 36.1 Å². The molecule has 3 heterocycles. The average Bonchev–Trinajstić information content (AvgIpc) is 3.40. The molecule has 1 amide bonds. The number of rotatable bonds is 9. The fraction of sp³-hybridized carbons (Fsp3) is 0.500. The van der Waals surface area contributed by atoms with E-state index in [1.807, 2.05) is 42.5 Å². The summed E-state index contributed by atoms with van der Waals surface area (Å²) in [5.41, 5.74) is 1.81. The first-order valence-corrected chi connectivity index (χ1v) is 13.3. The summed E-state index contributed by atoms with van der Waals surface area (Å²) in [6, 6.07) is 14.2. The molecule has 4 unspecified atom stereocenters.